The topological polar surface area (TPSA) is 40.5 Å². The number of thioether (sulfide) groups is 1. The largest absolute Gasteiger partial charge is 0.507 e. The van der Waals surface area contributed by atoms with Crippen LogP contribution < -0.4 is 4.90 Å². The molecule has 0 spiro atoms. The molecule has 6 heteroatoms. The minimum atomic E-state index is -0.114. The fourth-order valence-corrected chi connectivity index (χ4v) is 4.08. The van der Waals surface area contributed by atoms with Crippen molar-refractivity contribution in [3.05, 3.63) is 62.1 Å². The lowest BCUT2D eigenvalue weighted by atomic mass is 10.1. The zero-order valence-electron chi connectivity index (χ0n) is 12.1. The van der Waals surface area contributed by atoms with Crippen molar-refractivity contribution < 1.29 is 9.90 Å². The average Bonchev–Trinajstić information content (AvgIpc) is 2.78. The summed E-state index contributed by atoms with van der Waals surface area (Å²) < 4.78 is 1.27. The van der Waals surface area contributed by atoms with Gasteiger partial charge in [-0.1, -0.05) is 48.2 Å². The van der Waals surface area contributed by atoms with Crippen molar-refractivity contribution in [2.45, 2.75) is 6.92 Å². The first-order chi connectivity index (χ1) is 11.0. The molecule has 116 valence electrons. The number of phenols is 1. The van der Waals surface area contributed by atoms with Gasteiger partial charge in [0.25, 0.3) is 5.91 Å². The molecular formula is C17H12INO2S2. The zero-order chi connectivity index (χ0) is 16.6. The molecule has 0 radical (unpaired) electrons. The number of hydrogen-bond acceptors (Lipinski definition) is 4. The number of para-hydroxylation sites is 1. The van der Waals surface area contributed by atoms with E-state index in [1.54, 1.807) is 23.1 Å². The number of halogens is 1. The summed E-state index contributed by atoms with van der Waals surface area (Å²) in [6.45, 7) is 1.96. The van der Waals surface area contributed by atoms with E-state index in [-0.39, 0.29) is 11.7 Å². The number of amides is 1. The second-order valence-electron chi connectivity index (χ2n) is 5.01. The van der Waals surface area contributed by atoms with Gasteiger partial charge in [-0.25, -0.2) is 0 Å². The van der Waals surface area contributed by atoms with Crippen molar-refractivity contribution in [1.29, 1.82) is 0 Å². The van der Waals surface area contributed by atoms with E-state index in [0.717, 1.165) is 20.4 Å². The molecule has 2 aromatic carbocycles. The van der Waals surface area contributed by atoms with Gasteiger partial charge in [0.1, 0.15) is 5.75 Å². The zero-order valence-corrected chi connectivity index (χ0v) is 15.9. The Hall–Kier alpha value is -1.38. The Kier molecular flexibility index (Phi) is 4.74. The predicted octanol–water partition coefficient (Wildman–Crippen LogP) is 4.71. The molecular weight excluding hydrogens is 441 g/mol. The Morgan fingerprint density at radius 1 is 1.26 bits per heavy atom. The highest BCUT2D eigenvalue weighted by atomic mass is 127. The van der Waals surface area contributed by atoms with Gasteiger partial charge in [0.05, 0.1) is 14.2 Å². The molecule has 1 amide bonds. The van der Waals surface area contributed by atoms with Crippen LogP contribution in [0.5, 0.6) is 5.75 Å². The molecule has 1 heterocycles. The smallest absolute Gasteiger partial charge is 0.270 e. The summed E-state index contributed by atoms with van der Waals surface area (Å²) >= 11 is 8.74. The molecule has 0 aromatic heterocycles. The third kappa shape index (κ3) is 3.29. The van der Waals surface area contributed by atoms with Crippen LogP contribution in [-0.2, 0) is 4.79 Å². The van der Waals surface area contributed by atoms with Crippen molar-refractivity contribution in [3.63, 3.8) is 0 Å². The number of thiocarbonyl (C=S) groups is 1. The fourth-order valence-electron chi connectivity index (χ4n) is 2.25. The highest BCUT2D eigenvalue weighted by molar-refractivity contribution is 14.1. The van der Waals surface area contributed by atoms with Crippen molar-refractivity contribution in [1.82, 2.24) is 0 Å². The van der Waals surface area contributed by atoms with E-state index in [2.05, 4.69) is 22.6 Å². The number of phenolic OH excluding ortho intramolecular Hbond substituents is 1. The predicted molar refractivity (Wildman–Crippen MR) is 108 cm³/mol. The molecule has 1 aliphatic heterocycles. The minimum absolute atomic E-state index is 0.114. The number of aromatic hydroxyl groups is 1. The summed E-state index contributed by atoms with van der Waals surface area (Å²) in [5, 5.41) is 9.59. The first kappa shape index (κ1) is 16.5. The third-order valence-electron chi connectivity index (χ3n) is 3.42. The maximum Gasteiger partial charge on any atom is 0.270 e. The van der Waals surface area contributed by atoms with Gasteiger partial charge in [-0.3, -0.25) is 9.69 Å². The van der Waals surface area contributed by atoms with Gasteiger partial charge < -0.3 is 5.11 Å². The first-order valence-corrected chi connectivity index (χ1v) is 9.10. The lowest BCUT2D eigenvalue weighted by Gasteiger charge is -2.16. The number of nitrogens with zero attached hydrogens (tertiary/aromatic N) is 1. The van der Waals surface area contributed by atoms with Gasteiger partial charge in [0.15, 0.2) is 4.32 Å². The van der Waals surface area contributed by atoms with Crippen molar-refractivity contribution >= 4 is 68.6 Å². The SMILES string of the molecule is Cc1ccccc1N1C(=O)/C(=C/c2ccc(O)c(I)c2)SC1=S. The van der Waals surface area contributed by atoms with Crippen LogP contribution in [0.15, 0.2) is 47.4 Å². The Labute approximate surface area is 157 Å². The molecule has 0 atom stereocenters. The maximum atomic E-state index is 12.7. The van der Waals surface area contributed by atoms with Gasteiger partial charge in [-0.15, -0.1) is 0 Å². The van der Waals surface area contributed by atoms with E-state index in [4.69, 9.17) is 12.2 Å². The number of anilines is 1. The summed E-state index contributed by atoms with van der Waals surface area (Å²) in [4.78, 5) is 14.9. The van der Waals surface area contributed by atoms with Crippen LogP contribution >= 0.6 is 46.6 Å². The van der Waals surface area contributed by atoms with E-state index in [1.807, 2.05) is 37.3 Å². The molecule has 0 aliphatic carbocycles. The number of aryl methyl sites for hydroxylation is 1. The van der Waals surface area contributed by atoms with Crippen LogP contribution in [0.2, 0.25) is 0 Å². The quantitative estimate of drug-likeness (QED) is 0.406. The van der Waals surface area contributed by atoms with E-state index < -0.39 is 0 Å². The molecule has 3 rings (SSSR count). The molecule has 1 fully saturated rings. The number of rotatable bonds is 2. The van der Waals surface area contributed by atoms with Crippen molar-refractivity contribution in [2.24, 2.45) is 0 Å². The Bertz CT molecular complexity index is 848. The van der Waals surface area contributed by atoms with Gasteiger partial charge in [-0.2, -0.15) is 0 Å². The molecule has 3 nitrogen and oxygen atoms in total. The Morgan fingerprint density at radius 2 is 2.00 bits per heavy atom. The van der Waals surface area contributed by atoms with Gasteiger partial charge in [0.2, 0.25) is 0 Å². The number of hydrogen-bond donors (Lipinski definition) is 1. The lowest BCUT2D eigenvalue weighted by molar-refractivity contribution is -0.113. The fraction of sp³-hybridized carbons (Fsp3) is 0.0588. The van der Waals surface area contributed by atoms with Crippen LogP contribution in [-0.4, -0.2) is 15.3 Å². The van der Waals surface area contributed by atoms with Gasteiger partial charge in [0, 0.05) is 0 Å². The summed E-state index contributed by atoms with van der Waals surface area (Å²) in [6, 6.07) is 12.9. The Morgan fingerprint density at radius 3 is 2.70 bits per heavy atom. The summed E-state index contributed by atoms with van der Waals surface area (Å²) in [7, 11) is 0. The average molecular weight is 453 g/mol. The normalized spacial score (nSPS) is 16.4. The van der Waals surface area contributed by atoms with E-state index in [1.165, 1.54) is 11.8 Å². The third-order valence-corrected chi connectivity index (χ3v) is 5.59. The van der Waals surface area contributed by atoms with Crippen LogP contribution in [0, 0.1) is 10.5 Å². The van der Waals surface area contributed by atoms with Gasteiger partial charge in [-0.05, 0) is 64.9 Å². The van der Waals surface area contributed by atoms with E-state index in [0.29, 0.717) is 9.23 Å². The molecule has 0 unspecified atom stereocenters. The molecule has 0 bridgehead atoms. The van der Waals surface area contributed by atoms with Crippen LogP contribution in [0.1, 0.15) is 11.1 Å². The molecule has 23 heavy (non-hydrogen) atoms. The monoisotopic (exact) mass is 453 g/mol. The van der Waals surface area contributed by atoms with Crippen molar-refractivity contribution in [2.75, 3.05) is 4.90 Å². The molecule has 0 saturated carbocycles. The lowest BCUT2D eigenvalue weighted by Crippen LogP contribution is -2.28. The standard InChI is InChI=1S/C17H12INO2S2/c1-10-4-2-3-5-13(10)19-16(21)15(23-17(19)22)9-11-6-7-14(20)12(18)8-11/h2-9,20H,1H3/b15-9-. The second-order valence-corrected chi connectivity index (χ2v) is 7.85. The molecule has 1 N–H and O–H groups in total. The van der Waals surface area contributed by atoms with E-state index in [9.17, 15) is 9.90 Å². The molecule has 2 aromatic rings. The van der Waals surface area contributed by atoms with Crippen LogP contribution in [0.3, 0.4) is 0 Å². The Balaban J connectivity index is 1.96. The number of benzene rings is 2. The van der Waals surface area contributed by atoms with E-state index >= 15 is 0 Å². The van der Waals surface area contributed by atoms with Crippen LogP contribution in [0.4, 0.5) is 5.69 Å². The van der Waals surface area contributed by atoms with Gasteiger partial charge >= 0.3 is 0 Å². The maximum absolute atomic E-state index is 12.7. The molecule has 1 aliphatic rings. The number of carbonyl (C=O) groups is 1. The van der Waals surface area contributed by atoms with Crippen LogP contribution in [0.25, 0.3) is 6.08 Å². The highest BCUT2D eigenvalue weighted by Crippen LogP contribution is 2.37. The number of carbonyl (C=O) groups excluding carboxylic acids is 1. The summed E-state index contributed by atoms with van der Waals surface area (Å²) in [5.41, 5.74) is 2.68. The van der Waals surface area contributed by atoms with Crippen molar-refractivity contribution in [3.8, 4) is 5.75 Å². The second kappa shape index (κ2) is 6.62. The molecule has 1 saturated heterocycles. The highest BCUT2D eigenvalue weighted by Gasteiger charge is 2.33. The summed E-state index contributed by atoms with van der Waals surface area (Å²) in [5.74, 6) is 0.118. The summed E-state index contributed by atoms with van der Waals surface area (Å²) in [6.07, 6.45) is 1.80. The first-order valence-electron chi connectivity index (χ1n) is 6.79. The minimum Gasteiger partial charge on any atom is -0.507 e.